The van der Waals surface area contributed by atoms with E-state index >= 15 is 0 Å². The molecule has 1 aromatic carbocycles. The Morgan fingerprint density at radius 3 is 2.80 bits per heavy atom. The summed E-state index contributed by atoms with van der Waals surface area (Å²) in [6, 6.07) is 6.13. The minimum absolute atomic E-state index is 0.141. The number of ether oxygens (including phenoxy) is 1. The van der Waals surface area contributed by atoms with Gasteiger partial charge >= 0.3 is 0 Å². The number of halogens is 1. The normalized spacial score (nSPS) is 19.4. The van der Waals surface area contributed by atoms with Crippen molar-refractivity contribution in [2.45, 2.75) is 30.8 Å². The van der Waals surface area contributed by atoms with E-state index in [1.54, 1.807) is 13.1 Å². The van der Waals surface area contributed by atoms with Gasteiger partial charge in [0.25, 0.3) is 0 Å². The molecule has 154 valence electrons. The number of benzene rings is 1. The number of fused-ring (bicyclic) bond motifs is 2. The molecule has 3 heterocycles. The fourth-order valence-electron chi connectivity index (χ4n) is 4.44. The van der Waals surface area contributed by atoms with Crippen molar-refractivity contribution >= 4 is 34.5 Å². The predicted molar refractivity (Wildman–Crippen MR) is 117 cm³/mol. The molecule has 2 aromatic heterocycles. The van der Waals surface area contributed by atoms with Gasteiger partial charge in [-0.05, 0) is 42.5 Å². The molecule has 1 aliphatic heterocycles. The van der Waals surface area contributed by atoms with Crippen LogP contribution >= 0.6 is 22.9 Å². The molecule has 0 amide bonds. The Balaban J connectivity index is 1.70. The molecule has 1 aliphatic carbocycles. The molecule has 1 atom stereocenters. The Kier molecular flexibility index (Phi) is 4.67. The lowest BCUT2D eigenvalue weighted by Crippen LogP contribution is -2.31. The summed E-state index contributed by atoms with van der Waals surface area (Å²) in [5.41, 5.74) is 9.04. The number of thiazole rings is 1. The van der Waals surface area contributed by atoms with E-state index in [0.29, 0.717) is 28.9 Å². The van der Waals surface area contributed by atoms with Crippen molar-refractivity contribution in [3.8, 4) is 0 Å². The van der Waals surface area contributed by atoms with Gasteiger partial charge in [-0.2, -0.15) is 0 Å². The summed E-state index contributed by atoms with van der Waals surface area (Å²) in [7, 11) is 0. The fraction of sp³-hybridized carbons (Fsp3) is 0.318. The Morgan fingerprint density at radius 1 is 1.27 bits per heavy atom. The predicted octanol–water partition coefficient (Wildman–Crippen LogP) is 3.92. The molecule has 1 fully saturated rings. The molecule has 30 heavy (non-hydrogen) atoms. The van der Waals surface area contributed by atoms with Crippen molar-refractivity contribution in [3.63, 3.8) is 0 Å². The highest BCUT2D eigenvalue weighted by Crippen LogP contribution is 2.50. The van der Waals surface area contributed by atoms with Crippen LogP contribution in [0.3, 0.4) is 0 Å². The summed E-state index contributed by atoms with van der Waals surface area (Å²) < 4.78 is 5.63. The maximum absolute atomic E-state index is 11.3. The smallest absolute Gasteiger partial charge is 0.220 e. The number of rotatable bonds is 3. The highest BCUT2D eigenvalue weighted by atomic mass is 35.5. The zero-order chi connectivity index (χ0) is 20.9. The summed E-state index contributed by atoms with van der Waals surface area (Å²) in [5, 5.41) is 14.2. The Labute approximate surface area is 183 Å². The molecule has 0 saturated carbocycles. The number of nitrogen functional groups attached to an aromatic ring is 1. The molecule has 8 heteroatoms. The van der Waals surface area contributed by atoms with Crippen molar-refractivity contribution in [2.24, 2.45) is 0 Å². The van der Waals surface area contributed by atoms with Crippen molar-refractivity contribution in [1.29, 1.82) is 0 Å². The number of nitrogens with two attached hydrogens (primary N) is 1. The van der Waals surface area contributed by atoms with Gasteiger partial charge in [-0.1, -0.05) is 29.8 Å². The highest BCUT2D eigenvalue weighted by Gasteiger charge is 2.41. The standard InChI is InChI=1S/C22H21ClN4O2S/c1-21(28,19-25-6-9-30-19)13-2-3-16-14(10-13)15(11-22(16)4-7-29-8-5-22)18-17(23)12-26-20(24)27-18/h2-3,6,9-12,28H,4-5,7-8H2,1H3,(H2,24,26,27)/t21-/m1/s1. The van der Waals surface area contributed by atoms with Crippen LogP contribution in [0.4, 0.5) is 5.95 Å². The van der Waals surface area contributed by atoms with Gasteiger partial charge in [-0.15, -0.1) is 11.3 Å². The number of aliphatic hydroxyl groups is 1. The molecule has 0 unspecified atom stereocenters. The number of nitrogens with zero attached hydrogens (tertiary/aromatic N) is 3. The van der Waals surface area contributed by atoms with E-state index in [-0.39, 0.29) is 11.4 Å². The van der Waals surface area contributed by atoms with Gasteiger partial charge < -0.3 is 15.6 Å². The Bertz CT molecular complexity index is 1140. The first-order chi connectivity index (χ1) is 14.4. The van der Waals surface area contributed by atoms with Crippen LogP contribution in [0.5, 0.6) is 0 Å². The summed E-state index contributed by atoms with van der Waals surface area (Å²) in [6.45, 7) is 3.16. The third-order valence-electron chi connectivity index (χ3n) is 6.08. The zero-order valence-corrected chi connectivity index (χ0v) is 18.0. The maximum atomic E-state index is 11.3. The first kappa shape index (κ1) is 19.6. The van der Waals surface area contributed by atoms with Crippen molar-refractivity contribution < 1.29 is 9.84 Å². The summed E-state index contributed by atoms with van der Waals surface area (Å²) in [6.07, 6.45) is 7.24. The number of hydrogen-bond acceptors (Lipinski definition) is 7. The van der Waals surface area contributed by atoms with Crippen LogP contribution < -0.4 is 5.73 Å². The molecular formula is C22H21ClN4O2S. The topological polar surface area (TPSA) is 94.2 Å². The van der Waals surface area contributed by atoms with E-state index in [4.69, 9.17) is 22.1 Å². The first-order valence-corrected chi connectivity index (χ1v) is 11.0. The van der Waals surface area contributed by atoms with Crippen LogP contribution in [0.1, 0.15) is 47.2 Å². The minimum Gasteiger partial charge on any atom is -0.381 e. The van der Waals surface area contributed by atoms with Crippen molar-refractivity contribution in [1.82, 2.24) is 15.0 Å². The summed E-state index contributed by atoms with van der Waals surface area (Å²) in [4.78, 5) is 12.8. The number of hydrogen-bond donors (Lipinski definition) is 2. The SMILES string of the molecule is C[C@@](O)(c1ccc2c(c1)C(c1nc(N)ncc1Cl)=CC21CCOCC1)c1nccs1. The van der Waals surface area contributed by atoms with Gasteiger partial charge in [0.1, 0.15) is 10.6 Å². The maximum Gasteiger partial charge on any atom is 0.220 e. The van der Waals surface area contributed by atoms with E-state index in [1.165, 1.54) is 23.1 Å². The molecule has 5 rings (SSSR count). The van der Waals surface area contributed by atoms with Crippen LogP contribution in [-0.4, -0.2) is 33.3 Å². The lowest BCUT2D eigenvalue weighted by atomic mass is 9.75. The summed E-state index contributed by atoms with van der Waals surface area (Å²) in [5.74, 6) is 0.177. The second kappa shape index (κ2) is 7.13. The largest absolute Gasteiger partial charge is 0.381 e. The highest BCUT2D eigenvalue weighted by molar-refractivity contribution is 7.09. The molecule has 0 bridgehead atoms. The Morgan fingerprint density at radius 2 is 2.07 bits per heavy atom. The molecule has 1 spiro atoms. The van der Waals surface area contributed by atoms with Crippen LogP contribution in [0.25, 0.3) is 5.57 Å². The quantitative estimate of drug-likeness (QED) is 0.641. The van der Waals surface area contributed by atoms with E-state index in [0.717, 1.165) is 29.5 Å². The fourth-order valence-corrected chi connectivity index (χ4v) is 5.35. The number of aromatic nitrogens is 3. The molecule has 3 aromatic rings. The van der Waals surface area contributed by atoms with Gasteiger partial charge in [0.05, 0.1) is 16.9 Å². The second-order valence-corrected chi connectivity index (χ2v) is 9.22. The molecule has 0 radical (unpaired) electrons. The van der Waals surface area contributed by atoms with Gasteiger partial charge in [-0.25, -0.2) is 15.0 Å². The van der Waals surface area contributed by atoms with Crippen LogP contribution in [0.2, 0.25) is 5.02 Å². The molecule has 2 aliphatic rings. The van der Waals surface area contributed by atoms with E-state index < -0.39 is 5.60 Å². The van der Waals surface area contributed by atoms with Crippen molar-refractivity contribution in [2.75, 3.05) is 18.9 Å². The summed E-state index contributed by atoms with van der Waals surface area (Å²) >= 11 is 7.91. The minimum atomic E-state index is -1.20. The lowest BCUT2D eigenvalue weighted by Gasteiger charge is -2.33. The van der Waals surface area contributed by atoms with E-state index in [9.17, 15) is 5.11 Å². The molecule has 6 nitrogen and oxygen atoms in total. The van der Waals surface area contributed by atoms with Gasteiger partial charge in [0, 0.05) is 35.8 Å². The average Bonchev–Trinajstić information content (AvgIpc) is 3.39. The number of allylic oxidation sites excluding steroid dienone is 1. The van der Waals surface area contributed by atoms with Crippen LogP contribution in [0, 0.1) is 0 Å². The molecular weight excluding hydrogens is 420 g/mol. The van der Waals surface area contributed by atoms with Gasteiger partial charge in [0.15, 0.2) is 0 Å². The lowest BCUT2D eigenvalue weighted by molar-refractivity contribution is 0.0661. The third-order valence-corrected chi connectivity index (χ3v) is 7.34. The monoisotopic (exact) mass is 440 g/mol. The average molecular weight is 441 g/mol. The van der Waals surface area contributed by atoms with E-state index in [1.807, 2.05) is 17.5 Å². The molecule has 1 saturated heterocycles. The molecule has 3 N–H and O–H groups in total. The van der Waals surface area contributed by atoms with E-state index in [2.05, 4.69) is 27.1 Å². The first-order valence-electron chi connectivity index (χ1n) is 9.77. The Hall–Kier alpha value is -2.32. The zero-order valence-electron chi connectivity index (χ0n) is 16.4. The van der Waals surface area contributed by atoms with Gasteiger partial charge in [0.2, 0.25) is 5.95 Å². The van der Waals surface area contributed by atoms with Crippen LogP contribution in [0.15, 0.2) is 42.0 Å². The van der Waals surface area contributed by atoms with Crippen LogP contribution in [-0.2, 0) is 15.8 Å². The van der Waals surface area contributed by atoms with Crippen molar-refractivity contribution in [3.05, 3.63) is 74.5 Å². The number of anilines is 1. The third kappa shape index (κ3) is 3.04. The second-order valence-electron chi connectivity index (χ2n) is 7.92. The van der Waals surface area contributed by atoms with Gasteiger partial charge in [-0.3, -0.25) is 0 Å².